The van der Waals surface area contributed by atoms with Gasteiger partial charge in [0.05, 0.1) is 18.1 Å². The largest absolute Gasteiger partial charge is 0.508 e. The molecule has 6 heteroatoms. The second-order valence-electron chi connectivity index (χ2n) is 7.73. The molecule has 2 heterocycles. The highest BCUT2D eigenvalue weighted by atomic mass is 32.2. The molecule has 0 bridgehead atoms. The Morgan fingerprint density at radius 2 is 1.55 bits per heavy atom. The number of ether oxygens (including phenoxy) is 2. The van der Waals surface area contributed by atoms with E-state index in [1.807, 2.05) is 36.4 Å². The van der Waals surface area contributed by atoms with Crippen molar-refractivity contribution in [3.63, 3.8) is 0 Å². The van der Waals surface area contributed by atoms with Crippen LogP contribution in [0.4, 0.5) is 0 Å². The minimum absolute atomic E-state index is 0.307. The average molecular weight is 468 g/mol. The molecule has 0 atom stereocenters. The second kappa shape index (κ2) is 14.3. The van der Waals surface area contributed by atoms with Crippen molar-refractivity contribution in [2.75, 3.05) is 38.6 Å². The van der Waals surface area contributed by atoms with Crippen molar-refractivity contribution in [3.8, 4) is 23.0 Å². The fraction of sp³-hybridized carbons (Fsp3) is 0.333. The topological polar surface area (TPSA) is 62.2 Å². The molecule has 0 radical (unpaired) electrons. The van der Waals surface area contributed by atoms with Gasteiger partial charge in [0.25, 0.3) is 0 Å². The summed E-state index contributed by atoms with van der Waals surface area (Å²) in [5.74, 6) is 3.47. The summed E-state index contributed by atoms with van der Waals surface area (Å²) in [7, 11) is 0. The third kappa shape index (κ3) is 9.68. The van der Waals surface area contributed by atoms with Gasteiger partial charge in [-0.25, -0.2) is 0 Å². The molecular weight excluding hydrogens is 434 g/mol. The first-order chi connectivity index (χ1) is 16.2. The summed E-state index contributed by atoms with van der Waals surface area (Å²) in [6.45, 7) is 5.35. The number of para-hydroxylation sites is 2. The highest BCUT2D eigenvalue weighted by Crippen LogP contribution is 2.35. The van der Waals surface area contributed by atoms with Crippen LogP contribution in [0.15, 0.2) is 83.8 Å². The highest BCUT2D eigenvalue weighted by molar-refractivity contribution is 7.99. The smallest absolute Gasteiger partial charge is 0.133 e. The Balaban J connectivity index is 0.000000149. The van der Waals surface area contributed by atoms with Crippen molar-refractivity contribution < 1.29 is 19.7 Å². The quantitative estimate of drug-likeness (QED) is 0.461. The number of benzene rings is 3. The molecule has 176 valence electrons. The number of likely N-dealkylation sites (tertiary alicyclic amines) is 1. The van der Waals surface area contributed by atoms with E-state index < -0.39 is 0 Å². The lowest BCUT2D eigenvalue weighted by atomic mass is 10.3. The molecule has 33 heavy (non-hydrogen) atoms. The Bertz CT molecular complexity index is 918. The molecule has 0 amide bonds. The van der Waals surface area contributed by atoms with E-state index in [9.17, 15) is 0 Å². The minimum atomic E-state index is 0.307. The van der Waals surface area contributed by atoms with Gasteiger partial charge in [-0.2, -0.15) is 0 Å². The van der Waals surface area contributed by atoms with Crippen LogP contribution < -0.4 is 9.47 Å². The standard InChI is InChI=1S/C13H19NO.C8H8O2S.C6H6O/c1-2-7-13(8-3-1)15-12-6-11-14-9-4-5-10-14;9-6-1-2-7-8(5-6)11-4-3-10-7;7-6-4-2-1-3-5-6/h1-3,7-8H,4-6,9-12H2;1-2,5,9H,3-4H2;1-5,7H. The molecule has 1 saturated heterocycles. The zero-order chi connectivity index (χ0) is 23.1. The Kier molecular flexibility index (Phi) is 10.8. The molecule has 0 aromatic heterocycles. The molecule has 0 aliphatic carbocycles. The number of hydrogen-bond acceptors (Lipinski definition) is 6. The molecular formula is C27H33NO4S. The van der Waals surface area contributed by atoms with Gasteiger partial charge in [0.1, 0.15) is 23.0 Å². The van der Waals surface area contributed by atoms with Crippen LogP contribution in [0.5, 0.6) is 23.0 Å². The van der Waals surface area contributed by atoms with E-state index in [-0.39, 0.29) is 0 Å². The lowest BCUT2D eigenvalue weighted by Gasteiger charge is -2.15. The molecule has 3 aromatic carbocycles. The van der Waals surface area contributed by atoms with Crippen LogP contribution in [-0.4, -0.2) is 53.7 Å². The van der Waals surface area contributed by atoms with Crippen molar-refractivity contribution >= 4 is 11.8 Å². The van der Waals surface area contributed by atoms with Gasteiger partial charge < -0.3 is 24.6 Å². The first-order valence-corrected chi connectivity index (χ1v) is 12.4. The van der Waals surface area contributed by atoms with Crippen molar-refractivity contribution in [2.24, 2.45) is 0 Å². The normalized spacial score (nSPS) is 14.5. The second-order valence-corrected chi connectivity index (χ2v) is 8.86. The number of phenolic OH excluding ortho intramolecular Hbond substituents is 2. The predicted octanol–water partition coefficient (Wildman–Crippen LogP) is 5.82. The van der Waals surface area contributed by atoms with Gasteiger partial charge >= 0.3 is 0 Å². The van der Waals surface area contributed by atoms with E-state index in [1.54, 1.807) is 54.2 Å². The molecule has 1 fully saturated rings. The van der Waals surface area contributed by atoms with Gasteiger partial charge in [-0.05, 0) is 74.8 Å². The molecule has 2 N–H and O–H groups in total. The average Bonchev–Trinajstić information content (AvgIpc) is 3.37. The summed E-state index contributed by atoms with van der Waals surface area (Å²) < 4.78 is 11.0. The van der Waals surface area contributed by atoms with E-state index in [1.165, 1.54) is 32.5 Å². The van der Waals surface area contributed by atoms with Crippen LogP contribution in [0.3, 0.4) is 0 Å². The van der Waals surface area contributed by atoms with Crippen molar-refractivity contribution in [1.82, 2.24) is 4.90 Å². The SMILES string of the molecule is Oc1ccc2c(c1)SCCO2.Oc1ccccc1.c1ccc(OCCCN2CCCC2)cc1. The van der Waals surface area contributed by atoms with Gasteiger partial charge in [0.2, 0.25) is 0 Å². The highest BCUT2D eigenvalue weighted by Gasteiger charge is 2.11. The summed E-state index contributed by atoms with van der Waals surface area (Å²) in [5, 5.41) is 17.8. The number of aromatic hydroxyl groups is 2. The lowest BCUT2D eigenvalue weighted by Crippen LogP contribution is -2.21. The summed E-state index contributed by atoms with van der Waals surface area (Å²) in [5.41, 5.74) is 0. The monoisotopic (exact) mass is 467 g/mol. The maximum absolute atomic E-state index is 9.12. The molecule has 5 rings (SSSR count). The van der Waals surface area contributed by atoms with Crippen LogP contribution in [-0.2, 0) is 0 Å². The minimum Gasteiger partial charge on any atom is -0.508 e. The van der Waals surface area contributed by atoms with Crippen molar-refractivity contribution in [3.05, 3.63) is 78.9 Å². The van der Waals surface area contributed by atoms with E-state index >= 15 is 0 Å². The van der Waals surface area contributed by atoms with Crippen LogP contribution in [0, 0.1) is 0 Å². The summed E-state index contributed by atoms with van der Waals surface area (Å²) in [6, 6.07) is 23.9. The van der Waals surface area contributed by atoms with Crippen LogP contribution in [0.1, 0.15) is 19.3 Å². The number of phenols is 2. The summed E-state index contributed by atoms with van der Waals surface area (Å²) >= 11 is 1.72. The Hall–Kier alpha value is -2.83. The van der Waals surface area contributed by atoms with Gasteiger partial charge in [-0.1, -0.05) is 36.4 Å². The molecule has 0 unspecified atom stereocenters. The van der Waals surface area contributed by atoms with Crippen molar-refractivity contribution in [2.45, 2.75) is 24.2 Å². The van der Waals surface area contributed by atoms with Gasteiger partial charge in [-0.15, -0.1) is 11.8 Å². The first kappa shape index (κ1) is 24.8. The molecule has 3 aromatic rings. The molecule has 0 saturated carbocycles. The van der Waals surface area contributed by atoms with Crippen molar-refractivity contribution in [1.29, 1.82) is 0 Å². The Labute approximate surface area is 201 Å². The van der Waals surface area contributed by atoms with Gasteiger partial charge in [-0.3, -0.25) is 0 Å². The molecule has 2 aliphatic heterocycles. The van der Waals surface area contributed by atoms with E-state index in [2.05, 4.69) is 4.90 Å². The maximum Gasteiger partial charge on any atom is 0.133 e. The lowest BCUT2D eigenvalue weighted by molar-refractivity contribution is 0.263. The summed E-state index contributed by atoms with van der Waals surface area (Å²) in [6.07, 6.45) is 3.88. The molecule has 0 spiro atoms. The van der Waals surface area contributed by atoms with Gasteiger partial charge in [0, 0.05) is 12.3 Å². The van der Waals surface area contributed by atoms with Crippen LogP contribution >= 0.6 is 11.8 Å². The zero-order valence-corrected chi connectivity index (χ0v) is 19.8. The predicted molar refractivity (Wildman–Crippen MR) is 135 cm³/mol. The number of fused-ring (bicyclic) bond motifs is 1. The van der Waals surface area contributed by atoms with Gasteiger partial charge in [0.15, 0.2) is 0 Å². The van der Waals surface area contributed by atoms with E-state index in [0.717, 1.165) is 41.8 Å². The van der Waals surface area contributed by atoms with Crippen LogP contribution in [0.2, 0.25) is 0 Å². The van der Waals surface area contributed by atoms with E-state index in [0.29, 0.717) is 11.5 Å². The summed E-state index contributed by atoms with van der Waals surface area (Å²) in [4.78, 5) is 3.56. The fourth-order valence-corrected chi connectivity index (χ4v) is 4.32. The molecule has 2 aliphatic rings. The fourth-order valence-electron chi connectivity index (χ4n) is 3.46. The third-order valence-corrected chi connectivity index (χ3v) is 6.11. The first-order valence-electron chi connectivity index (χ1n) is 11.4. The Morgan fingerprint density at radius 3 is 2.21 bits per heavy atom. The maximum atomic E-state index is 9.12. The Morgan fingerprint density at radius 1 is 0.848 bits per heavy atom. The number of nitrogens with zero attached hydrogens (tertiary/aromatic N) is 1. The van der Waals surface area contributed by atoms with Crippen LogP contribution in [0.25, 0.3) is 0 Å². The zero-order valence-electron chi connectivity index (χ0n) is 18.9. The molecule has 5 nitrogen and oxygen atoms in total. The van der Waals surface area contributed by atoms with E-state index in [4.69, 9.17) is 19.7 Å². The number of hydrogen-bond donors (Lipinski definition) is 2. The number of thioether (sulfide) groups is 1. The number of rotatable bonds is 5. The third-order valence-electron chi connectivity index (χ3n) is 5.11.